The molecular weight excluding hydrogens is 566 g/mol. The van der Waals surface area contributed by atoms with E-state index in [0.717, 1.165) is 11.5 Å². The Kier molecular flexibility index (Phi) is 6.77. The fourth-order valence-electron chi connectivity index (χ4n) is 4.68. The molecule has 6 rings (SSSR count). The number of carbonyl (C=O) groups excluding carboxylic acids is 1. The SMILES string of the molecule is O=C(NCc1cc2nc(N3CCOc4cc(Cl)cc(F)c43)ccc2cn1)c1cc(F)c2c(c1)S(=O)(=O)CCOC2. The molecule has 0 atom stereocenters. The minimum absolute atomic E-state index is 0.0250. The van der Waals surface area contributed by atoms with Crippen LogP contribution in [-0.4, -0.2) is 49.8 Å². The maximum absolute atomic E-state index is 14.8. The number of nitrogens with one attached hydrogen (secondary N) is 1. The molecule has 1 amide bonds. The van der Waals surface area contributed by atoms with Gasteiger partial charge in [0, 0.05) is 33.8 Å². The van der Waals surface area contributed by atoms with Crippen LogP contribution in [0.2, 0.25) is 5.02 Å². The van der Waals surface area contributed by atoms with Crippen LogP contribution in [0.25, 0.3) is 10.9 Å². The van der Waals surface area contributed by atoms with Gasteiger partial charge in [0.1, 0.15) is 29.7 Å². The van der Waals surface area contributed by atoms with Crippen molar-refractivity contribution in [2.45, 2.75) is 18.0 Å². The van der Waals surface area contributed by atoms with E-state index in [9.17, 15) is 22.0 Å². The number of pyridine rings is 2. The number of hydrogen-bond acceptors (Lipinski definition) is 8. The molecule has 4 aromatic rings. The van der Waals surface area contributed by atoms with Gasteiger partial charge in [-0.1, -0.05) is 11.6 Å². The average molecular weight is 587 g/mol. The van der Waals surface area contributed by atoms with Crippen LogP contribution in [0.1, 0.15) is 21.6 Å². The van der Waals surface area contributed by atoms with Crippen LogP contribution in [0.3, 0.4) is 0 Å². The fraction of sp³-hybridized carbons (Fsp3) is 0.222. The van der Waals surface area contributed by atoms with Crippen molar-refractivity contribution in [2.75, 3.05) is 30.4 Å². The minimum atomic E-state index is -3.79. The first-order valence-electron chi connectivity index (χ1n) is 12.3. The van der Waals surface area contributed by atoms with Gasteiger partial charge in [-0.2, -0.15) is 0 Å². The normalized spacial score (nSPS) is 16.0. The second-order valence-electron chi connectivity index (χ2n) is 9.26. The van der Waals surface area contributed by atoms with Crippen LogP contribution in [-0.2, 0) is 27.7 Å². The Hall–Kier alpha value is -3.87. The molecule has 206 valence electrons. The van der Waals surface area contributed by atoms with E-state index in [2.05, 4.69) is 15.3 Å². The topological polar surface area (TPSA) is 111 Å². The number of aromatic nitrogens is 2. The number of hydrogen-bond donors (Lipinski definition) is 1. The van der Waals surface area contributed by atoms with Crippen molar-refractivity contribution in [3.05, 3.63) is 82.1 Å². The smallest absolute Gasteiger partial charge is 0.251 e. The highest BCUT2D eigenvalue weighted by molar-refractivity contribution is 7.91. The molecule has 2 aromatic heterocycles. The van der Waals surface area contributed by atoms with Crippen molar-refractivity contribution in [1.29, 1.82) is 0 Å². The molecule has 9 nitrogen and oxygen atoms in total. The van der Waals surface area contributed by atoms with Gasteiger partial charge in [0.2, 0.25) is 0 Å². The molecule has 4 heterocycles. The molecule has 0 fully saturated rings. The molecule has 13 heteroatoms. The van der Waals surface area contributed by atoms with Crippen molar-refractivity contribution in [3.8, 4) is 5.75 Å². The van der Waals surface area contributed by atoms with Gasteiger partial charge < -0.3 is 19.7 Å². The van der Waals surface area contributed by atoms with Crippen LogP contribution < -0.4 is 15.0 Å². The Morgan fingerprint density at radius 3 is 2.80 bits per heavy atom. The summed E-state index contributed by atoms with van der Waals surface area (Å²) in [6.45, 7) is 0.426. The summed E-state index contributed by atoms with van der Waals surface area (Å²) in [6.07, 6.45) is 1.59. The highest BCUT2D eigenvalue weighted by atomic mass is 35.5. The van der Waals surface area contributed by atoms with Gasteiger partial charge in [0.05, 0.1) is 48.2 Å². The minimum Gasteiger partial charge on any atom is -0.489 e. The number of rotatable bonds is 4. The van der Waals surface area contributed by atoms with E-state index in [-0.39, 0.29) is 52.2 Å². The summed E-state index contributed by atoms with van der Waals surface area (Å²) in [7, 11) is -3.79. The molecule has 0 aliphatic carbocycles. The number of carbonyl (C=O) groups is 1. The molecule has 0 saturated carbocycles. The van der Waals surface area contributed by atoms with Crippen molar-refractivity contribution in [2.24, 2.45) is 0 Å². The van der Waals surface area contributed by atoms with E-state index < -0.39 is 27.4 Å². The fourth-order valence-corrected chi connectivity index (χ4v) is 6.27. The third-order valence-electron chi connectivity index (χ3n) is 6.65. The summed E-state index contributed by atoms with van der Waals surface area (Å²) in [4.78, 5) is 23.3. The largest absolute Gasteiger partial charge is 0.489 e. The maximum atomic E-state index is 14.8. The molecule has 40 heavy (non-hydrogen) atoms. The lowest BCUT2D eigenvalue weighted by Gasteiger charge is -2.31. The number of ether oxygens (including phenoxy) is 2. The zero-order valence-corrected chi connectivity index (χ0v) is 22.4. The van der Waals surface area contributed by atoms with Gasteiger partial charge >= 0.3 is 0 Å². The van der Waals surface area contributed by atoms with Crippen LogP contribution in [0.4, 0.5) is 20.3 Å². The first-order chi connectivity index (χ1) is 19.2. The Morgan fingerprint density at radius 1 is 1.10 bits per heavy atom. The first-order valence-corrected chi connectivity index (χ1v) is 14.3. The number of halogens is 3. The van der Waals surface area contributed by atoms with Crippen molar-refractivity contribution < 1.29 is 31.5 Å². The summed E-state index contributed by atoms with van der Waals surface area (Å²) in [6, 6.07) is 10.2. The van der Waals surface area contributed by atoms with Gasteiger partial charge in [-0.25, -0.2) is 22.2 Å². The van der Waals surface area contributed by atoms with Crippen LogP contribution in [0, 0.1) is 11.6 Å². The second kappa shape index (κ2) is 10.3. The molecule has 0 saturated heterocycles. The van der Waals surface area contributed by atoms with Crippen molar-refractivity contribution in [3.63, 3.8) is 0 Å². The lowest BCUT2D eigenvalue weighted by molar-refractivity contribution is 0.0949. The number of sulfone groups is 1. The number of anilines is 2. The lowest BCUT2D eigenvalue weighted by atomic mass is 10.1. The number of nitrogens with zero attached hydrogens (tertiary/aromatic N) is 3. The summed E-state index contributed by atoms with van der Waals surface area (Å²) in [5, 5.41) is 3.60. The van der Waals surface area contributed by atoms with Crippen LogP contribution >= 0.6 is 11.6 Å². The van der Waals surface area contributed by atoms with Gasteiger partial charge in [0.15, 0.2) is 15.7 Å². The average Bonchev–Trinajstić information content (AvgIpc) is 3.08. The third-order valence-corrected chi connectivity index (χ3v) is 8.61. The third kappa shape index (κ3) is 4.93. The Balaban J connectivity index is 1.24. The van der Waals surface area contributed by atoms with Crippen LogP contribution in [0.15, 0.2) is 53.6 Å². The Morgan fingerprint density at radius 2 is 1.95 bits per heavy atom. The molecule has 2 aromatic carbocycles. The van der Waals surface area contributed by atoms with E-state index in [0.29, 0.717) is 35.9 Å². The van der Waals surface area contributed by atoms with Gasteiger partial charge in [-0.3, -0.25) is 9.78 Å². The summed E-state index contributed by atoms with van der Waals surface area (Å²) >= 11 is 5.98. The Labute approximate surface area is 232 Å². The van der Waals surface area contributed by atoms with Crippen molar-refractivity contribution >= 4 is 49.8 Å². The zero-order valence-electron chi connectivity index (χ0n) is 20.8. The quantitative estimate of drug-likeness (QED) is 0.376. The monoisotopic (exact) mass is 586 g/mol. The van der Waals surface area contributed by atoms with Crippen LogP contribution in [0.5, 0.6) is 5.75 Å². The summed E-state index contributed by atoms with van der Waals surface area (Å²) in [5.41, 5.74) is 1.04. The summed E-state index contributed by atoms with van der Waals surface area (Å²) in [5.74, 6) is -1.49. The molecule has 0 radical (unpaired) electrons. The highest BCUT2D eigenvalue weighted by Gasteiger charge is 2.27. The number of benzene rings is 2. The van der Waals surface area contributed by atoms with E-state index in [1.807, 2.05) is 0 Å². The van der Waals surface area contributed by atoms with Crippen molar-refractivity contribution in [1.82, 2.24) is 15.3 Å². The summed E-state index contributed by atoms with van der Waals surface area (Å²) < 4.78 is 65.3. The highest BCUT2D eigenvalue weighted by Crippen LogP contribution is 2.40. The van der Waals surface area contributed by atoms with E-state index in [1.54, 1.807) is 35.4 Å². The number of amides is 1. The molecular formula is C27H21ClF2N4O5S. The molecule has 0 unspecified atom stereocenters. The molecule has 2 aliphatic heterocycles. The Bertz CT molecular complexity index is 1790. The van der Waals surface area contributed by atoms with Gasteiger partial charge in [0.25, 0.3) is 5.91 Å². The standard InChI is InChI=1S/C27H21ClF2N4O5S/c28-17-9-21(30)26-23(10-17)39-4-3-34(26)25-2-1-15-12-31-18(11-22(15)33-25)13-32-27(35)16-7-20(29)19-14-38-5-6-40(36,37)24(19)8-16/h1-2,7-12H,3-6,13-14H2,(H,32,35). The second-order valence-corrected chi connectivity index (χ2v) is 11.8. The zero-order chi connectivity index (χ0) is 28.0. The predicted octanol–water partition coefficient (Wildman–Crippen LogP) is 4.33. The van der Waals surface area contributed by atoms with E-state index in [1.165, 1.54) is 12.1 Å². The first kappa shape index (κ1) is 26.4. The number of fused-ring (bicyclic) bond motifs is 3. The van der Waals surface area contributed by atoms with Gasteiger partial charge in [-0.05, 0) is 36.4 Å². The van der Waals surface area contributed by atoms with Gasteiger partial charge in [-0.15, -0.1) is 0 Å². The molecule has 0 bridgehead atoms. The molecule has 0 spiro atoms. The lowest BCUT2D eigenvalue weighted by Crippen LogP contribution is -2.30. The molecule has 2 aliphatic rings. The maximum Gasteiger partial charge on any atom is 0.251 e. The molecule has 1 N–H and O–H groups in total. The van der Waals surface area contributed by atoms with E-state index in [4.69, 9.17) is 21.1 Å². The predicted molar refractivity (Wildman–Crippen MR) is 143 cm³/mol. The van der Waals surface area contributed by atoms with E-state index >= 15 is 0 Å².